The smallest absolute Gasteiger partial charge is 0.0611 e. The minimum Gasteiger partial charge on any atom is -0.394 e. The number of aliphatic hydroxyl groups is 1. The van der Waals surface area contributed by atoms with Gasteiger partial charge in [0, 0.05) is 11.6 Å². The molecular weight excluding hydrogens is 200 g/mol. The summed E-state index contributed by atoms with van der Waals surface area (Å²) in [5.41, 5.74) is -0.113. The molecule has 0 saturated carbocycles. The summed E-state index contributed by atoms with van der Waals surface area (Å²) in [6.07, 6.45) is 4.82. The van der Waals surface area contributed by atoms with Crippen LogP contribution in [0.15, 0.2) is 0 Å². The van der Waals surface area contributed by atoms with Crippen molar-refractivity contribution >= 4 is 0 Å². The minimum atomic E-state index is -0.113. The van der Waals surface area contributed by atoms with E-state index < -0.39 is 0 Å². The molecule has 0 aromatic heterocycles. The topological polar surface area (TPSA) is 35.5 Å². The number of likely N-dealkylation sites (tertiary alicyclic amines) is 1. The number of nitrogens with one attached hydrogen (secondary N) is 1. The molecule has 0 aliphatic carbocycles. The van der Waals surface area contributed by atoms with Crippen LogP contribution in [0.2, 0.25) is 0 Å². The highest BCUT2D eigenvalue weighted by Crippen LogP contribution is 2.19. The maximum absolute atomic E-state index is 9.52. The molecule has 0 spiro atoms. The average molecular weight is 228 g/mol. The summed E-state index contributed by atoms with van der Waals surface area (Å²) in [5, 5.41) is 13.0. The lowest BCUT2D eigenvalue weighted by Gasteiger charge is -2.35. The lowest BCUT2D eigenvalue weighted by atomic mass is 9.93. The van der Waals surface area contributed by atoms with Gasteiger partial charge in [0.15, 0.2) is 0 Å². The van der Waals surface area contributed by atoms with Crippen LogP contribution >= 0.6 is 0 Å². The Morgan fingerprint density at radius 3 is 2.50 bits per heavy atom. The molecule has 96 valence electrons. The summed E-state index contributed by atoms with van der Waals surface area (Å²) in [6, 6.07) is 0.573. The Hall–Kier alpha value is -0.120. The van der Waals surface area contributed by atoms with E-state index in [4.69, 9.17) is 0 Å². The van der Waals surface area contributed by atoms with Crippen LogP contribution < -0.4 is 5.32 Å². The summed E-state index contributed by atoms with van der Waals surface area (Å²) >= 11 is 0. The molecule has 1 heterocycles. The Labute approximate surface area is 100 Å². The summed E-state index contributed by atoms with van der Waals surface area (Å²) in [7, 11) is 0. The highest BCUT2D eigenvalue weighted by atomic mass is 16.3. The largest absolute Gasteiger partial charge is 0.394 e. The van der Waals surface area contributed by atoms with Crippen LogP contribution in [-0.4, -0.2) is 47.8 Å². The van der Waals surface area contributed by atoms with E-state index >= 15 is 0 Å². The Bertz CT molecular complexity index is 192. The third-order valence-corrected chi connectivity index (χ3v) is 3.66. The molecule has 2 unspecified atom stereocenters. The molecule has 0 aromatic carbocycles. The van der Waals surface area contributed by atoms with Crippen molar-refractivity contribution in [1.82, 2.24) is 10.2 Å². The van der Waals surface area contributed by atoms with Gasteiger partial charge in [0.05, 0.1) is 6.61 Å². The van der Waals surface area contributed by atoms with Crippen LogP contribution in [0.25, 0.3) is 0 Å². The molecule has 1 aliphatic heterocycles. The Morgan fingerprint density at radius 1 is 1.38 bits per heavy atom. The van der Waals surface area contributed by atoms with Crippen LogP contribution in [0.4, 0.5) is 0 Å². The fourth-order valence-corrected chi connectivity index (χ4v) is 2.58. The van der Waals surface area contributed by atoms with E-state index in [2.05, 4.69) is 31.0 Å². The second kappa shape index (κ2) is 6.58. The third-order valence-electron chi connectivity index (χ3n) is 3.66. The zero-order valence-corrected chi connectivity index (χ0v) is 11.1. The average Bonchev–Trinajstić information content (AvgIpc) is 2.80. The van der Waals surface area contributed by atoms with Crippen LogP contribution in [0.3, 0.4) is 0 Å². The Kier molecular flexibility index (Phi) is 5.73. The molecule has 2 N–H and O–H groups in total. The van der Waals surface area contributed by atoms with Crippen molar-refractivity contribution in [2.24, 2.45) is 0 Å². The third kappa shape index (κ3) is 4.04. The molecule has 1 fully saturated rings. The number of hydrogen-bond acceptors (Lipinski definition) is 3. The molecule has 3 nitrogen and oxygen atoms in total. The van der Waals surface area contributed by atoms with Gasteiger partial charge in [0.25, 0.3) is 0 Å². The molecule has 0 amide bonds. The fourth-order valence-electron chi connectivity index (χ4n) is 2.58. The van der Waals surface area contributed by atoms with Gasteiger partial charge in [-0.3, -0.25) is 0 Å². The maximum Gasteiger partial charge on any atom is 0.0611 e. The van der Waals surface area contributed by atoms with E-state index in [9.17, 15) is 5.11 Å². The lowest BCUT2D eigenvalue weighted by molar-refractivity contribution is 0.126. The molecular formula is C13H28N2O. The van der Waals surface area contributed by atoms with Gasteiger partial charge >= 0.3 is 0 Å². The standard InChI is InChI=1S/C13H28N2O/c1-4-7-14-13(3,11-16)10-12(2)15-8-5-6-9-15/h12,14,16H,4-11H2,1-3H3. The van der Waals surface area contributed by atoms with Crippen molar-refractivity contribution in [2.45, 2.75) is 58.0 Å². The quantitative estimate of drug-likeness (QED) is 0.695. The van der Waals surface area contributed by atoms with E-state index in [0.717, 1.165) is 19.4 Å². The van der Waals surface area contributed by atoms with E-state index in [1.807, 2.05) is 0 Å². The first-order valence-electron chi connectivity index (χ1n) is 6.71. The van der Waals surface area contributed by atoms with E-state index in [1.54, 1.807) is 0 Å². The van der Waals surface area contributed by atoms with Gasteiger partial charge in [-0.2, -0.15) is 0 Å². The van der Waals surface area contributed by atoms with Crippen molar-refractivity contribution in [3.8, 4) is 0 Å². The van der Waals surface area contributed by atoms with Crippen molar-refractivity contribution in [2.75, 3.05) is 26.2 Å². The molecule has 3 heteroatoms. The van der Waals surface area contributed by atoms with Gasteiger partial charge in [-0.25, -0.2) is 0 Å². The molecule has 1 aliphatic rings. The van der Waals surface area contributed by atoms with Crippen LogP contribution in [0.5, 0.6) is 0 Å². The van der Waals surface area contributed by atoms with E-state index in [-0.39, 0.29) is 12.1 Å². The van der Waals surface area contributed by atoms with E-state index in [0.29, 0.717) is 6.04 Å². The molecule has 16 heavy (non-hydrogen) atoms. The van der Waals surface area contributed by atoms with Crippen LogP contribution in [0.1, 0.15) is 46.5 Å². The van der Waals surface area contributed by atoms with E-state index in [1.165, 1.54) is 25.9 Å². The summed E-state index contributed by atoms with van der Waals surface area (Å²) in [5.74, 6) is 0. The fraction of sp³-hybridized carbons (Fsp3) is 1.00. The summed E-state index contributed by atoms with van der Waals surface area (Å²) in [4.78, 5) is 2.54. The minimum absolute atomic E-state index is 0.113. The van der Waals surface area contributed by atoms with Crippen molar-refractivity contribution in [3.05, 3.63) is 0 Å². The Morgan fingerprint density at radius 2 is 2.00 bits per heavy atom. The summed E-state index contributed by atoms with van der Waals surface area (Å²) in [6.45, 7) is 10.3. The predicted molar refractivity (Wildman–Crippen MR) is 68.7 cm³/mol. The summed E-state index contributed by atoms with van der Waals surface area (Å²) < 4.78 is 0. The van der Waals surface area contributed by atoms with Crippen LogP contribution in [0, 0.1) is 0 Å². The molecule has 0 radical (unpaired) electrons. The second-order valence-corrected chi connectivity index (χ2v) is 5.44. The molecule has 2 atom stereocenters. The Balaban J connectivity index is 2.40. The zero-order valence-electron chi connectivity index (χ0n) is 11.1. The van der Waals surface area contributed by atoms with Gasteiger partial charge in [0.2, 0.25) is 0 Å². The monoisotopic (exact) mass is 228 g/mol. The van der Waals surface area contributed by atoms with Crippen LogP contribution in [-0.2, 0) is 0 Å². The predicted octanol–water partition coefficient (Wildman–Crippen LogP) is 1.61. The number of rotatable bonds is 7. The SMILES string of the molecule is CCCNC(C)(CO)CC(C)N1CCCC1. The van der Waals surface area contributed by atoms with Crippen molar-refractivity contribution < 1.29 is 5.11 Å². The van der Waals surface area contributed by atoms with Gasteiger partial charge in [-0.1, -0.05) is 6.92 Å². The number of aliphatic hydroxyl groups excluding tert-OH is 1. The van der Waals surface area contributed by atoms with Gasteiger partial charge < -0.3 is 15.3 Å². The second-order valence-electron chi connectivity index (χ2n) is 5.44. The first-order chi connectivity index (χ1) is 7.61. The van der Waals surface area contributed by atoms with Gasteiger partial charge in [0.1, 0.15) is 0 Å². The van der Waals surface area contributed by atoms with Gasteiger partial charge in [-0.05, 0) is 59.2 Å². The number of nitrogens with zero attached hydrogens (tertiary/aromatic N) is 1. The highest BCUT2D eigenvalue weighted by Gasteiger charge is 2.28. The molecule has 0 bridgehead atoms. The maximum atomic E-state index is 9.52. The van der Waals surface area contributed by atoms with Crippen molar-refractivity contribution in [3.63, 3.8) is 0 Å². The first kappa shape index (κ1) is 13.9. The van der Waals surface area contributed by atoms with Crippen molar-refractivity contribution in [1.29, 1.82) is 0 Å². The normalized spacial score (nSPS) is 23.2. The molecule has 1 saturated heterocycles. The van der Waals surface area contributed by atoms with Gasteiger partial charge in [-0.15, -0.1) is 0 Å². The molecule has 0 aromatic rings. The highest BCUT2D eigenvalue weighted by molar-refractivity contribution is 4.88. The number of hydrogen-bond donors (Lipinski definition) is 2. The molecule has 1 rings (SSSR count). The lowest BCUT2D eigenvalue weighted by Crippen LogP contribution is -2.50. The zero-order chi connectivity index (χ0) is 12.0. The first-order valence-corrected chi connectivity index (χ1v) is 6.71.